The van der Waals surface area contributed by atoms with Gasteiger partial charge in [0.2, 0.25) is 35.4 Å². The summed E-state index contributed by atoms with van der Waals surface area (Å²) in [5.74, 6) is -3.79. The molecule has 67 heavy (non-hydrogen) atoms. The predicted octanol–water partition coefficient (Wildman–Crippen LogP) is 0.961. The number of unbranched alkanes of at least 4 members (excludes halogenated alkanes) is 1. The summed E-state index contributed by atoms with van der Waals surface area (Å²) in [5, 5.41) is 32.7. The van der Waals surface area contributed by atoms with E-state index in [4.69, 9.17) is 24.7 Å². The molecule has 1 aliphatic carbocycles. The fourth-order valence-corrected chi connectivity index (χ4v) is 7.72. The maximum absolute atomic E-state index is 12.9. The molecule has 0 radical (unpaired) electrons. The Bertz CT molecular complexity index is 1670. The van der Waals surface area contributed by atoms with Crippen molar-refractivity contribution in [3.63, 3.8) is 0 Å². The number of ketones is 1. The number of phenolic OH excluding ortho intramolecular Hbond substituents is 1. The molecule has 0 bridgehead atoms. The van der Waals surface area contributed by atoms with Crippen LogP contribution in [0.5, 0.6) is 5.75 Å². The van der Waals surface area contributed by atoms with Gasteiger partial charge in [0.1, 0.15) is 25.0 Å². The average molecular weight is 1060 g/mol. The largest absolute Gasteiger partial charge is 0.508 e. The van der Waals surface area contributed by atoms with E-state index >= 15 is 0 Å². The van der Waals surface area contributed by atoms with Crippen molar-refractivity contribution in [2.45, 2.75) is 102 Å². The lowest BCUT2D eigenvalue weighted by Gasteiger charge is -2.28. The number of hydrogen-bond acceptors (Lipinski definition) is 14. The van der Waals surface area contributed by atoms with Gasteiger partial charge in [-0.15, -0.1) is 0 Å². The van der Waals surface area contributed by atoms with Crippen LogP contribution in [-0.4, -0.2) is 149 Å². The van der Waals surface area contributed by atoms with Crippen molar-refractivity contribution in [1.82, 2.24) is 30.1 Å². The molecule has 0 aliphatic heterocycles. The smallest absolute Gasteiger partial charge is 0.326 e. The number of nitrogens with one attached hydrogen (secondary N) is 6. The second kappa shape index (κ2) is 35.6. The highest BCUT2D eigenvalue weighted by molar-refractivity contribution is 14.1. The van der Waals surface area contributed by atoms with Crippen LogP contribution in [0.2, 0.25) is 0 Å². The Hall–Kier alpha value is -4.49. The van der Waals surface area contributed by atoms with Crippen LogP contribution < -0.4 is 35.8 Å². The molecule has 3 atom stereocenters. The highest BCUT2D eigenvalue weighted by atomic mass is 127. The number of Topliss-reactive ketones (excluding diaryl/α,β-unsaturated/α-hetero) is 1. The zero-order valence-electron chi connectivity index (χ0n) is 38.6. The van der Waals surface area contributed by atoms with Gasteiger partial charge in [0.05, 0.1) is 45.7 Å². The van der Waals surface area contributed by atoms with Crippen LogP contribution in [0.1, 0.15) is 89.5 Å². The summed E-state index contributed by atoms with van der Waals surface area (Å²) in [5.41, 5.74) is 6.35. The van der Waals surface area contributed by atoms with Crippen LogP contribution in [0.15, 0.2) is 24.3 Å². The lowest BCUT2D eigenvalue weighted by molar-refractivity contribution is -0.143. The zero-order valence-corrected chi connectivity index (χ0v) is 40.8. The van der Waals surface area contributed by atoms with E-state index in [-0.39, 0.29) is 132 Å². The second-order valence-corrected chi connectivity index (χ2v) is 17.0. The molecule has 21 nitrogen and oxygen atoms in total. The van der Waals surface area contributed by atoms with Crippen molar-refractivity contribution in [2.24, 2.45) is 23.5 Å². The number of aromatic hydroxyl groups is 1. The monoisotopic (exact) mass is 1060 g/mol. The SMILES string of the molecule is CCCC(=O)NCC1CCC(C(=O)NC(CCC(=O)NCCOCCOCC(=O)NCCOCCOCC(=O)NCCCC[C@H](NI)C(=O)C[C@@H](Cc2ccc(O)cc2)C(N)=O)C(=O)O)CC1. The summed E-state index contributed by atoms with van der Waals surface area (Å²) < 4.78 is 24.4. The first-order chi connectivity index (χ1) is 32.2. The van der Waals surface area contributed by atoms with Crippen LogP contribution >= 0.6 is 22.9 Å². The number of phenols is 1. The molecular weight excluding hydrogens is 989 g/mol. The number of ether oxygens (including phenoxy) is 4. The van der Waals surface area contributed by atoms with Crippen molar-refractivity contribution in [1.29, 1.82) is 0 Å². The van der Waals surface area contributed by atoms with Gasteiger partial charge in [0, 0.05) is 80.1 Å². The first kappa shape index (κ1) is 58.6. The number of primary amides is 1. The van der Waals surface area contributed by atoms with E-state index in [2.05, 4.69) is 30.1 Å². The third-order valence-corrected chi connectivity index (χ3v) is 11.7. The van der Waals surface area contributed by atoms with Crippen molar-refractivity contribution in [3.05, 3.63) is 29.8 Å². The number of carboxylic acids is 1. The number of carbonyl (C=O) groups is 8. The number of carbonyl (C=O) groups excluding carboxylic acids is 7. The van der Waals surface area contributed by atoms with E-state index in [9.17, 15) is 48.6 Å². The van der Waals surface area contributed by atoms with Crippen LogP contribution in [0.25, 0.3) is 0 Å². The molecule has 1 unspecified atom stereocenters. The summed E-state index contributed by atoms with van der Waals surface area (Å²) in [6.45, 7) is 4.13. The van der Waals surface area contributed by atoms with Gasteiger partial charge in [-0.25, -0.2) is 4.79 Å². The predicted molar refractivity (Wildman–Crippen MR) is 253 cm³/mol. The maximum atomic E-state index is 12.9. The highest BCUT2D eigenvalue weighted by Gasteiger charge is 2.30. The van der Waals surface area contributed by atoms with Crippen molar-refractivity contribution < 1.29 is 67.5 Å². The number of amides is 6. The third kappa shape index (κ3) is 27.8. The number of nitrogens with two attached hydrogens (primary N) is 1. The highest BCUT2D eigenvalue weighted by Crippen LogP contribution is 2.29. The van der Waals surface area contributed by atoms with Gasteiger partial charge in [0.15, 0.2) is 5.78 Å². The zero-order chi connectivity index (χ0) is 49.2. The quantitative estimate of drug-likeness (QED) is 0.0253. The summed E-state index contributed by atoms with van der Waals surface area (Å²) in [4.78, 5) is 97.6. The Balaban J connectivity index is 1.40. The topological polar surface area (TPSA) is 312 Å². The van der Waals surface area contributed by atoms with Crippen LogP contribution in [0.3, 0.4) is 0 Å². The fourth-order valence-electron chi connectivity index (χ4n) is 7.06. The van der Waals surface area contributed by atoms with Gasteiger partial charge in [-0.1, -0.05) is 19.1 Å². The number of rotatable bonds is 38. The van der Waals surface area contributed by atoms with Crippen molar-refractivity contribution in [3.8, 4) is 5.75 Å². The Morgan fingerprint density at radius 2 is 1.27 bits per heavy atom. The molecule has 22 heteroatoms. The molecule has 1 aromatic rings. The molecule has 0 aromatic heterocycles. The molecule has 0 saturated heterocycles. The van der Waals surface area contributed by atoms with E-state index in [0.717, 1.165) is 24.8 Å². The van der Waals surface area contributed by atoms with Crippen molar-refractivity contribution in [2.75, 3.05) is 79.0 Å². The van der Waals surface area contributed by atoms with Gasteiger partial charge < -0.3 is 61.5 Å². The summed E-state index contributed by atoms with van der Waals surface area (Å²) in [7, 11) is 0. The summed E-state index contributed by atoms with van der Waals surface area (Å²) in [6, 6.07) is 4.75. The standard InChI is InChI=1S/C45H72IN7O14/c1-2-5-39(56)51-28-32-7-11-33(12-8-32)44(61)52-37(45(62)63)15-16-40(57)49-18-20-64-22-25-67-30-42(59)50-19-21-65-23-24-66-29-41(58)48-17-4-3-6-36(53-46)38(55)27-34(43(47)60)26-31-9-13-35(54)14-10-31/h9-10,13-14,32-34,36-37,53-54H,2-8,11-12,15-30H2,1H3,(H2,47,60)(H,48,58)(H,49,57)(H,50,59)(H,51,56)(H,52,61)(H,62,63)/t32?,33?,34-,36+,37?/m1/s1. The van der Waals surface area contributed by atoms with E-state index in [1.165, 1.54) is 12.1 Å². The van der Waals surface area contributed by atoms with E-state index in [1.807, 2.05) is 29.8 Å². The molecule has 0 spiro atoms. The number of aliphatic carboxylic acids is 1. The lowest BCUT2D eigenvalue weighted by Crippen LogP contribution is -2.45. The average Bonchev–Trinajstić information content (AvgIpc) is 3.30. The molecule has 378 valence electrons. The second-order valence-electron chi connectivity index (χ2n) is 16.4. The molecule has 1 saturated carbocycles. The molecule has 0 heterocycles. The molecule has 1 fully saturated rings. The first-order valence-corrected chi connectivity index (χ1v) is 24.2. The van der Waals surface area contributed by atoms with Gasteiger partial charge in [-0.05, 0) is 87.8 Å². The number of hydrogen-bond donors (Lipinski definition) is 9. The van der Waals surface area contributed by atoms with Gasteiger partial charge in [-0.2, -0.15) is 0 Å². The van der Waals surface area contributed by atoms with Gasteiger partial charge in [-0.3, -0.25) is 37.1 Å². The Kier molecular flexibility index (Phi) is 31.2. The minimum atomic E-state index is -1.21. The summed E-state index contributed by atoms with van der Waals surface area (Å²) in [6.07, 6.45) is 5.97. The van der Waals surface area contributed by atoms with Crippen LogP contribution in [-0.2, 0) is 63.7 Å². The van der Waals surface area contributed by atoms with E-state index in [1.54, 1.807) is 12.1 Å². The van der Waals surface area contributed by atoms with Gasteiger partial charge >= 0.3 is 5.97 Å². The first-order valence-electron chi connectivity index (χ1n) is 23.1. The normalized spacial score (nSPS) is 15.9. The third-order valence-electron chi connectivity index (χ3n) is 10.9. The molecule has 1 aromatic carbocycles. The lowest BCUT2D eigenvalue weighted by atomic mass is 9.81. The molecule has 6 amide bonds. The Morgan fingerprint density at radius 3 is 1.84 bits per heavy atom. The molecule has 2 rings (SSSR count). The van der Waals surface area contributed by atoms with Crippen molar-refractivity contribution >= 4 is 70.1 Å². The minimum absolute atomic E-state index is 0.00670. The summed E-state index contributed by atoms with van der Waals surface area (Å²) >= 11 is 1.92. The van der Waals surface area contributed by atoms with Gasteiger partial charge in [0.25, 0.3) is 0 Å². The Labute approximate surface area is 406 Å². The molecular formula is C45H72IN7O14. The van der Waals surface area contributed by atoms with Crippen LogP contribution in [0.4, 0.5) is 0 Å². The number of halogens is 1. The fraction of sp³-hybridized carbons (Fsp3) is 0.689. The van der Waals surface area contributed by atoms with E-state index < -0.39 is 29.9 Å². The maximum Gasteiger partial charge on any atom is 0.326 e. The number of benzene rings is 1. The molecule has 10 N–H and O–H groups in total. The number of carboxylic acid groups (broad SMARTS) is 1. The molecule has 1 aliphatic rings. The minimum Gasteiger partial charge on any atom is -0.508 e. The Morgan fingerprint density at radius 1 is 0.701 bits per heavy atom. The van der Waals surface area contributed by atoms with E-state index in [0.29, 0.717) is 64.0 Å². The van der Waals surface area contributed by atoms with Crippen LogP contribution in [0, 0.1) is 17.8 Å².